The van der Waals surface area contributed by atoms with E-state index in [2.05, 4.69) is 44.5 Å². The van der Waals surface area contributed by atoms with Gasteiger partial charge in [-0.15, -0.1) is 11.3 Å². The largest absolute Gasteiger partial charge is 0.456 e. The maximum Gasteiger partial charge on any atom is 0.216 e. The van der Waals surface area contributed by atoms with Crippen molar-refractivity contribution in [3.05, 3.63) is 46.1 Å². The lowest BCUT2D eigenvalue weighted by molar-refractivity contribution is 0.174. The molecule has 0 aromatic carbocycles. The Morgan fingerprint density at radius 1 is 1.29 bits per heavy atom. The Morgan fingerprint density at radius 2 is 2.17 bits per heavy atom. The van der Waals surface area contributed by atoms with Crippen molar-refractivity contribution in [2.75, 3.05) is 13.1 Å². The van der Waals surface area contributed by atoms with Gasteiger partial charge < -0.3 is 4.42 Å². The predicted molar refractivity (Wildman–Crippen MR) is 94.9 cm³/mol. The third kappa shape index (κ3) is 3.60. The highest BCUT2D eigenvalue weighted by Crippen LogP contribution is 2.23. The van der Waals surface area contributed by atoms with E-state index in [1.165, 1.54) is 17.7 Å². The van der Waals surface area contributed by atoms with Gasteiger partial charge in [-0.2, -0.15) is 5.10 Å². The number of rotatable bonds is 5. The monoisotopic (exact) mass is 342 g/mol. The minimum absolute atomic E-state index is 0.639. The summed E-state index contributed by atoms with van der Waals surface area (Å²) < 4.78 is 5.96. The van der Waals surface area contributed by atoms with Crippen LogP contribution in [0.25, 0.3) is 11.6 Å². The number of hydrogen-bond acceptors (Lipinski definition) is 5. The quantitative estimate of drug-likeness (QED) is 0.763. The van der Waals surface area contributed by atoms with Gasteiger partial charge in [-0.3, -0.25) is 10.00 Å². The lowest BCUT2D eigenvalue weighted by Gasteiger charge is -2.29. The van der Waals surface area contributed by atoms with Crippen LogP contribution in [0.4, 0.5) is 0 Å². The molecule has 0 unspecified atom stereocenters. The number of H-pyrrole nitrogens is 1. The number of thiophene rings is 1. The lowest BCUT2D eigenvalue weighted by atomic mass is 9.99. The van der Waals surface area contributed by atoms with E-state index >= 15 is 0 Å². The van der Waals surface area contributed by atoms with E-state index in [0.717, 1.165) is 49.3 Å². The molecule has 0 spiro atoms. The van der Waals surface area contributed by atoms with Crippen LogP contribution < -0.4 is 0 Å². The van der Waals surface area contributed by atoms with E-state index in [1.54, 1.807) is 11.3 Å². The van der Waals surface area contributed by atoms with Crippen molar-refractivity contribution in [3.63, 3.8) is 0 Å². The van der Waals surface area contributed by atoms with Gasteiger partial charge >= 0.3 is 0 Å². The molecule has 1 aliphatic heterocycles. The molecule has 0 aliphatic carbocycles. The number of hydrogen-bond donors (Lipinski definition) is 1. The molecular formula is C18H22N4OS. The smallest absolute Gasteiger partial charge is 0.216 e. The molecule has 1 fully saturated rings. The zero-order valence-corrected chi connectivity index (χ0v) is 14.7. The van der Waals surface area contributed by atoms with Gasteiger partial charge in [0, 0.05) is 11.3 Å². The highest BCUT2D eigenvalue weighted by Gasteiger charge is 2.18. The number of nitrogens with one attached hydrogen (secondary N) is 1. The molecule has 24 heavy (non-hydrogen) atoms. The van der Waals surface area contributed by atoms with Crippen LogP contribution in [0.5, 0.6) is 0 Å². The summed E-state index contributed by atoms with van der Waals surface area (Å²) >= 11 is 1.73. The molecule has 0 bridgehead atoms. The Kier molecular flexibility index (Phi) is 4.49. The Balaban J connectivity index is 1.40. The first-order valence-corrected chi connectivity index (χ1v) is 9.39. The highest BCUT2D eigenvalue weighted by molar-refractivity contribution is 7.09. The molecule has 1 N–H and O–H groups in total. The van der Waals surface area contributed by atoms with Crippen molar-refractivity contribution < 1.29 is 4.42 Å². The SMILES string of the molecule is CC1CCN(Cc2ccc(-c3n[nH]c(Cc4cccs4)n3)o2)CC1. The van der Waals surface area contributed by atoms with Gasteiger partial charge in [0.25, 0.3) is 0 Å². The topological polar surface area (TPSA) is 58.0 Å². The fraction of sp³-hybridized carbons (Fsp3) is 0.444. The van der Waals surface area contributed by atoms with E-state index in [4.69, 9.17) is 4.42 Å². The van der Waals surface area contributed by atoms with Gasteiger partial charge in [-0.1, -0.05) is 13.0 Å². The van der Waals surface area contributed by atoms with Gasteiger partial charge in [-0.25, -0.2) is 4.98 Å². The van der Waals surface area contributed by atoms with E-state index in [1.807, 2.05) is 12.1 Å². The first-order chi connectivity index (χ1) is 11.8. The number of likely N-dealkylation sites (tertiary alicyclic amines) is 1. The molecule has 1 saturated heterocycles. The number of aromatic nitrogens is 3. The van der Waals surface area contributed by atoms with Gasteiger partial charge in [0.15, 0.2) is 5.76 Å². The zero-order valence-electron chi connectivity index (χ0n) is 13.9. The molecule has 126 valence electrons. The Bertz CT molecular complexity index is 769. The number of aromatic amines is 1. The summed E-state index contributed by atoms with van der Waals surface area (Å²) in [6, 6.07) is 8.18. The molecule has 0 atom stereocenters. The van der Waals surface area contributed by atoms with Crippen LogP contribution >= 0.6 is 11.3 Å². The summed E-state index contributed by atoms with van der Waals surface area (Å²) in [6.45, 7) is 5.52. The van der Waals surface area contributed by atoms with Crippen LogP contribution in [0.3, 0.4) is 0 Å². The molecule has 5 nitrogen and oxygen atoms in total. The van der Waals surface area contributed by atoms with E-state index in [0.29, 0.717) is 5.82 Å². The van der Waals surface area contributed by atoms with Crippen molar-refractivity contribution in [1.29, 1.82) is 0 Å². The lowest BCUT2D eigenvalue weighted by Crippen LogP contribution is -2.32. The highest BCUT2D eigenvalue weighted by atomic mass is 32.1. The van der Waals surface area contributed by atoms with Crippen molar-refractivity contribution in [2.45, 2.75) is 32.7 Å². The third-order valence-electron chi connectivity index (χ3n) is 4.59. The Morgan fingerprint density at radius 3 is 2.96 bits per heavy atom. The molecule has 4 rings (SSSR count). The molecule has 0 amide bonds. The second-order valence-corrected chi connectivity index (χ2v) is 7.62. The minimum atomic E-state index is 0.639. The summed E-state index contributed by atoms with van der Waals surface area (Å²) in [7, 11) is 0. The van der Waals surface area contributed by atoms with Crippen LogP contribution in [-0.4, -0.2) is 33.2 Å². The summed E-state index contributed by atoms with van der Waals surface area (Å²) in [4.78, 5) is 8.29. The summed E-state index contributed by atoms with van der Waals surface area (Å²) in [6.07, 6.45) is 3.34. The summed E-state index contributed by atoms with van der Waals surface area (Å²) in [5, 5.41) is 9.39. The second-order valence-electron chi connectivity index (χ2n) is 6.59. The molecule has 0 radical (unpaired) electrons. The average Bonchev–Trinajstić information content (AvgIpc) is 3.32. The van der Waals surface area contributed by atoms with Gasteiger partial charge in [0.05, 0.1) is 6.54 Å². The fourth-order valence-electron chi connectivity index (χ4n) is 3.09. The van der Waals surface area contributed by atoms with Crippen molar-refractivity contribution in [3.8, 4) is 11.6 Å². The third-order valence-corrected chi connectivity index (χ3v) is 5.47. The fourth-order valence-corrected chi connectivity index (χ4v) is 3.80. The normalized spacial score (nSPS) is 16.7. The molecule has 0 saturated carbocycles. The molecule has 4 heterocycles. The maximum atomic E-state index is 5.96. The van der Waals surface area contributed by atoms with Gasteiger partial charge in [-0.05, 0) is 55.4 Å². The van der Waals surface area contributed by atoms with E-state index in [-0.39, 0.29) is 0 Å². The Hall–Kier alpha value is -1.92. The van der Waals surface area contributed by atoms with Crippen LogP contribution in [0.2, 0.25) is 0 Å². The minimum Gasteiger partial charge on any atom is -0.456 e. The van der Waals surface area contributed by atoms with Crippen molar-refractivity contribution >= 4 is 11.3 Å². The predicted octanol–water partition coefficient (Wildman–Crippen LogP) is 3.95. The zero-order chi connectivity index (χ0) is 16.4. The Labute approximate surface area is 145 Å². The molecular weight excluding hydrogens is 320 g/mol. The van der Waals surface area contributed by atoms with Gasteiger partial charge in [0.1, 0.15) is 11.6 Å². The first kappa shape index (κ1) is 15.6. The molecule has 3 aromatic heterocycles. The van der Waals surface area contributed by atoms with Gasteiger partial charge in [0.2, 0.25) is 5.82 Å². The summed E-state index contributed by atoms with van der Waals surface area (Å²) in [5.74, 6) is 4.09. The van der Waals surface area contributed by atoms with Crippen LogP contribution in [0.1, 0.15) is 36.2 Å². The molecule has 3 aromatic rings. The van der Waals surface area contributed by atoms with Crippen LogP contribution in [-0.2, 0) is 13.0 Å². The van der Waals surface area contributed by atoms with E-state index in [9.17, 15) is 0 Å². The van der Waals surface area contributed by atoms with E-state index < -0.39 is 0 Å². The van der Waals surface area contributed by atoms with Crippen molar-refractivity contribution in [1.82, 2.24) is 20.1 Å². The van der Waals surface area contributed by atoms with Crippen molar-refractivity contribution in [2.24, 2.45) is 5.92 Å². The van der Waals surface area contributed by atoms with Crippen LogP contribution in [0, 0.1) is 5.92 Å². The standard InChI is InChI=1S/C18H22N4OS/c1-13-6-8-22(9-7-13)12-14-4-5-16(23-14)18-19-17(20-21-18)11-15-3-2-10-24-15/h2-5,10,13H,6-9,11-12H2,1H3,(H,19,20,21). The molecule has 6 heteroatoms. The maximum absolute atomic E-state index is 5.96. The average molecular weight is 342 g/mol. The first-order valence-electron chi connectivity index (χ1n) is 8.51. The number of nitrogens with zero attached hydrogens (tertiary/aromatic N) is 3. The number of piperidine rings is 1. The molecule has 1 aliphatic rings. The summed E-state index contributed by atoms with van der Waals surface area (Å²) in [5.41, 5.74) is 0. The van der Waals surface area contributed by atoms with Crippen LogP contribution in [0.15, 0.2) is 34.1 Å². The number of furan rings is 1. The second kappa shape index (κ2) is 6.91.